The number of carbonyl (C=O) groups is 1. The van der Waals surface area contributed by atoms with E-state index in [2.05, 4.69) is 19.2 Å². The molecule has 1 atom stereocenters. The molecular formula is C24H27F6N3O. The first-order chi connectivity index (χ1) is 15.8. The van der Waals surface area contributed by atoms with E-state index < -0.39 is 36.1 Å². The molecule has 1 N–H and O–H groups in total. The summed E-state index contributed by atoms with van der Waals surface area (Å²) in [7, 11) is 1.37. The zero-order chi connectivity index (χ0) is 25.3. The van der Waals surface area contributed by atoms with Crippen molar-refractivity contribution < 1.29 is 31.1 Å². The van der Waals surface area contributed by atoms with Gasteiger partial charge >= 0.3 is 18.4 Å². The van der Waals surface area contributed by atoms with Gasteiger partial charge in [-0.05, 0) is 40.8 Å². The summed E-state index contributed by atoms with van der Waals surface area (Å²) in [4.78, 5) is 16.0. The summed E-state index contributed by atoms with van der Waals surface area (Å²) < 4.78 is 79.1. The first-order valence-corrected chi connectivity index (χ1v) is 10.9. The van der Waals surface area contributed by atoms with Crippen LogP contribution in [0, 0.1) is 0 Å². The van der Waals surface area contributed by atoms with Gasteiger partial charge in [0.15, 0.2) is 0 Å². The molecule has 1 fully saturated rings. The van der Waals surface area contributed by atoms with Gasteiger partial charge < -0.3 is 15.1 Å². The molecule has 1 saturated heterocycles. The molecule has 186 valence electrons. The number of nitrogens with one attached hydrogen (secondary N) is 1. The van der Waals surface area contributed by atoms with Crippen molar-refractivity contribution in [3.8, 4) is 0 Å². The van der Waals surface area contributed by atoms with Gasteiger partial charge in [0.1, 0.15) is 0 Å². The third kappa shape index (κ3) is 6.02. The molecule has 0 aliphatic carbocycles. The number of rotatable bonds is 4. The summed E-state index contributed by atoms with van der Waals surface area (Å²) >= 11 is 0. The van der Waals surface area contributed by atoms with E-state index >= 15 is 0 Å². The fourth-order valence-corrected chi connectivity index (χ4v) is 4.03. The third-order valence-corrected chi connectivity index (χ3v) is 5.84. The Kier molecular flexibility index (Phi) is 7.50. The fraction of sp³-hybridized carbons (Fsp3) is 0.458. The van der Waals surface area contributed by atoms with Crippen LogP contribution in [0.4, 0.5) is 31.1 Å². The first kappa shape index (κ1) is 25.9. The first-order valence-electron chi connectivity index (χ1n) is 10.9. The van der Waals surface area contributed by atoms with Gasteiger partial charge in [-0.3, -0.25) is 0 Å². The summed E-state index contributed by atoms with van der Waals surface area (Å²) in [6.07, 6.45) is -9.88. The maximum absolute atomic E-state index is 13.2. The molecule has 3 rings (SSSR count). The molecule has 2 amide bonds. The second kappa shape index (κ2) is 9.85. The second-order valence-electron chi connectivity index (χ2n) is 8.79. The highest BCUT2D eigenvalue weighted by Gasteiger charge is 2.37. The minimum Gasteiger partial charge on any atom is -0.323 e. The van der Waals surface area contributed by atoms with Crippen molar-refractivity contribution in [2.75, 3.05) is 26.7 Å². The zero-order valence-corrected chi connectivity index (χ0v) is 19.1. The van der Waals surface area contributed by atoms with E-state index in [1.165, 1.54) is 7.05 Å². The van der Waals surface area contributed by atoms with Crippen LogP contribution in [0.1, 0.15) is 53.6 Å². The third-order valence-electron chi connectivity index (χ3n) is 5.84. The van der Waals surface area contributed by atoms with Crippen molar-refractivity contribution >= 4 is 6.03 Å². The molecule has 10 heteroatoms. The van der Waals surface area contributed by atoms with Crippen molar-refractivity contribution in [2.45, 2.75) is 44.7 Å². The van der Waals surface area contributed by atoms with E-state index in [-0.39, 0.29) is 23.6 Å². The minimum absolute atomic E-state index is 0.0827. The SMILES string of the molecule is CC(C)c1cccc(C2CNCCN2C(=O)N(C)Cc2cc(C(F)(F)F)cc(C(F)(F)F)c2)c1. The van der Waals surface area contributed by atoms with E-state index in [0.717, 1.165) is 16.0 Å². The Bertz CT molecular complexity index is 986. The Morgan fingerprint density at radius 1 is 1.06 bits per heavy atom. The van der Waals surface area contributed by atoms with Crippen LogP contribution in [0.3, 0.4) is 0 Å². The molecule has 0 radical (unpaired) electrons. The topological polar surface area (TPSA) is 35.6 Å². The lowest BCUT2D eigenvalue weighted by molar-refractivity contribution is -0.143. The van der Waals surface area contributed by atoms with Crippen LogP contribution in [0.2, 0.25) is 0 Å². The smallest absolute Gasteiger partial charge is 0.323 e. The lowest BCUT2D eigenvalue weighted by Crippen LogP contribution is -2.52. The molecule has 1 heterocycles. The van der Waals surface area contributed by atoms with Crippen molar-refractivity contribution in [1.29, 1.82) is 0 Å². The molecule has 2 aromatic carbocycles. The van der Waals surface area contributed by atoms with Gasteiger partial charge in [-0.1, -0.05) is 38.1 Å². The Morgan fingerprint density at radius 3 is 2.24 bits per heavy atom. The molecule has 1 aliphatic rings. The molecule has 0 spiro atoms. The van der Waals surface area contributed by atoms with Gasteiger partial charge in [0.05, 0.1) is 17.2 Å². The molecular weight excluding hydrogens is 460 g/mol. The van der Waals surface area contributed by atoms with Crippen LogP contribution >= 0.6 is 0 Å². The standard InChI is InChI=1S/C24H27F6N3O/c1-15(2)17-5-4-6-18(11-17)21-13-31-7-8-33(21)22(34)32(3)14-16-9-19(23(25,26)27)12-20(10-16)24(28,29)30/h4-6,9-12,15,21,31H,7-8,13-14H2,1-3H3. The fourth-order valence-electron chi connectivity index (χ4n) is 4.03. The van der Waals surface area contributed by atoms with E-state index in [1.807, 2.05) is 24.3 Å². The maximum Gasteiger partial charge on any atom is 0.416 e. The van der Waals surface area contributed by atoms with Gasteiger partial charge in [0.2, 0.25) is 0 Å². The predicted molar refractivity (Wildman–Crippen MR) is 116 cm³/mol. The van der Waals surface area contributed by atoms with Gasteiger partial charge in [-0.2, -0.15) is 26.3 Å². The molecule has 0 saturated carbocycles. The summed E-state index contributed by atoms with van der Waals surface area (Å²) in [5.74, 6) is 0.284. The highest BCUT2D eigenvalue weighted by molar-refractivity contribution is 5.75. The number of carbonyl (C=O) groups excluding carboxylic acids is 1. The van der Waals surface area contributed by atoms with Crippen LogP contribution in [-0.4, -0.2) is 42.5 Å². The average molecular weight is 487 g/mol. The highest BCUT2D eigenvalue weighted by Crippen LogP contribution is 2.36. The van der Waals surface area contributed by atoms with E-state index in [9.17, 15) is 31.1 Å². The maximum atomic E-state index is 13.2. The summed E-state index contributed by atoms with van der Waals surface area (Å²) in [5.41, 5.74) is -1.02. The number of benzene rings is 2. The summed E-state index contributed by atoms with van der Waals surface area (Å²) in [5, 5.41) is 3.24. The number of nitrogens with zero attached hydrogens (tertiary/aromatic N) is 2. The largest absolute Gasteiger partial charge is 0.416 e. The van der Waals surface area contributed by atoms with Crippen molar-refractivity contribution in [3.63, 3.8) is 0 Å². The average Bonchev–Trinajstić information content (AvgIpc) is 2.77. The van der Waals surface area contributed by atoms with Crippen molar-refractivity contribution in [1.82, 2.24) is 15.1 Å². The van der Waals surface area contributed by atoms with E-state index in [0.29, 0.717) is 31.8 Å². The van der Waals surface area contributed by atoms with Crippen LogP contribution in [-0.2, 0) is 18.9 Å². The lowest BCUT2D eigenvalue weighted by atomic mass is 9.96. The van der Waals surface area contributed by atoms with Crippen molar-refractivity contribution in [3.05, 3.63) is 70.3 Å². The monoisotopic (exact) mass is 487 g/mol. The molecule has 2 aromatic rings. The molecule has 34 heavy (non-hydrogen) atoms. The Hall–Kier alpha value is -2.75. The van der Waals surface area contributed by atoms with Gasteiger partial charge in [-0.15, -0.1) is 0 Å². The van der Waals surface area contributed by atoms with Crippen LogP contribution in [0.25, 0.3) is 0 Å². The minimum atomic E-state index is -4.94. The number of hydrogen-bond acceptors (Lipinski definition) is 2. The Labute approximate surface area is 194 Å². The van der Waals surface area contributed by atoms with E-state index in [4.69, 9.17) is 0 Å². The Morgan fingerprint density at radius 2 is 1.68 bits per heavy atom. The number of urea groups is 1. The zero-order valence-electron chi connectivity index (χ0n) is 19.1. The molecule has 0 aromatic heterocycles. The normalized spacial score (nSPS) is 17.2. The number of halogens is 6. The second-order valence-corrected chi connectivity index (χ2v) is 8.79. The number of alkyl halides is 6. The van der Waals surface area contributed by atoms with Crippen LogP contribution in [0.5, 0.6) is 0 Å². The lowest BCUT2D eigenvalue weighted by Gasteiger charge is -2.39. The van der Waals surface area contributed by atoms with E-state index in [1.54, 1.807) is 4.90 Å². The van der Waals surface area contributed by atoms with Gasteiger partial charge in [0.25, 0.3) is 0 Å². The Balaban J connectivity index is 1.86. The molecule has 1 unspecified atom stereocenters. The van der Waals surface area contributed by atoms with Crippen molar-refractivity contribution in [2.24, 2.45) is 0 Å². The number of amides is 2. The summed E-state index contributed by atoms with van der Waals surface area (Å²) in [6, 6.07) is 8.45. The van der Waals surface area contributed by atoms with Gasteiger partial charge in [0, 0.05) is 33.2 Å². The molecule has 1 aliphatic heterocycles. The van der Waals surface area contributed by atoms with Crippen LogP contribution in [0.15, 0.2) is 42.5 Å². The summed E-state index contributed by atoms with van der Waals surface area (Å²) in [6.45, 7) is 5.09. The number of hydrogen-bond donors (Lipinski definition) is 1. The number of piperazine rings is 1. The highest BCUT2D eigenvalue weighted by atomic mass is 19.4. The molecule has 0 bridgehead atoms. The van der Waals surface area contributed by atoms with Gasteiger partial charge in [-0.25, -0.2) is 4.79 Å². The quantitative estimate of drug-likeness (QED) is 0.534. The molecule has 4 nitrogen and oxygen atoms in total. The van der Waals surface area contributed by atoms with Crippen LogP contribution < -0.4 is 5.32 Å². The predicted octanol–water partition coefficient (Wildman–Crippen LogP) is 6.05.